The van der Waals surface area contributed by atoms with E-state index in [9.17, 15) is 18.0 Å². The molecule has 2 aliphatic rings. The van der Waals surface area contributed by atoms with E-state index in [2.05, 4.69) is 28.2 Å². The van der Waals surface area contributed by atoms with Gasteiger partial charge in [0, 0.05) is 32.7 Å². The second-order valence-electron chi connectivity index (χ2n) is 6.84. The van der Waals surface area contributed by atoms with E-state index >= 15 is 0 Å². The lowest BCUT2D eigenvalue weighted by Gasteiger charge is -2.41. The molecule has 158 valence electrons. The van der Waals surface area contributed by atoms with Gasteiger partial charge in [0.05, 0.1) is 18.6 Å². The number of hydrogen-bond donors (Lipinski definition) is 1. The third-order valence-corrected chi connectivity index (χ3v) is 5.92. The van der Waals surface area contributed by atoms with Crippen LogP contribution in [0.1, 0.15) is 18.9 Å². The SMILES string of the molecule is CCN1C[C@@H]2[C@@H](OC)CCN(C(=O)Cc3ccsc3)[C@@H]2C1.O=C(O)C(F)(F)F. The standard InChI is InChI=1S/C16H24N2O2S.C2HF3O2/c1-3-17-9-13-14(10-17)18(6-4-15(13)20-2)16(19)8-12-5-7-21-11-12;3-2(4,5)1(6)7/h5,7,11,13-15H,3-4,6,8-10H2,1-2H3;(H,6,7)/t13-,14+,15-;/m0./s1. The van der Waals surface area contributed by atoms with Crippen molar-refractivity contribution >= 4 is 23.2 Å². The van der Waals surface area contributed by atoms with Crippen molar-refractivity contribution in [1.82, 2.24) is 9.80 Å². The molecule has 1 N–H and O–H groups in total. The normalized spacial score (nSPS) is 25.0. The molecule has 0 saturated carbocycles. The monoisotopic (exact) mass is 422 g/mol. The molecule has 3 heterocycles. The van der Waals surface area contributed by atoms with E-state index < -0.39 is 12.1 Å². The minimum atomic E-state index is -5.08. The Labute approximate surface area is 165 Å². The summed E-state index contributed by atoms with van der Waals surface area (Å²) in [4.78, 5) is 26.1. The van der Waals surface area contributed by atoms with Crippen LogP contribution in [0.2, 0.25) is 0 Å². The molecule has 28 heavy (non-hydrogen) atoms. The van der Waals surface area contributed by atoms with Crippen LogP contribution in [0.4, 0.5) is 13.2 Å². The quantitative estimate of drug-likeness (QED) is 0.808. The van der Waals surface area contributed by atoms with Crippen molar-refractivity contribution in [1.29, 1.82) is 0 Å². The summed E-state index contributed by atoms with van der Waals surface area (Å²) in [5.74, 6) is -2.02. The Morgan fingerprint density at radius 3 is 2.54 bits per heavy atom. The largest absolute Gasteiger partial charge is 0.490 e. The molecule has 1 aromatic heterocycles. The first-order valence-electron chi connectivity index (χ1n) is 9.03. The van der Waals surface area contributed by atoms with Gasteiger partial charge in [-0.15, -0.1) is 0 Å². The molecule has 10 heteroatoms. The predicted octanol–water partition coefficient (Wildman–Crippen LogP) is 2.49. The Hall–Kier alpha value is -1.65. The highest BCUT2D eigenvalue weighted by atomic mass is 32.1. The Morgan fingerprint density at radius 2 is 2.04 bits per heavy atom. The molecule has 3 atom stereocenters. The summed E-state index contributed by atoms with van der Waals surface area (Å²) in [6, 6.07) is 2.38. The number of piperidine rings is 1. The highest BCUT2D eigenvalue weighted by Crippen LogP contribution is 2.32. The Balaban J connectivity index is 0.000000345. The molecule has 1 aromatic rings. The van der Waals surface area contributed by atoms with Crippen molar-refractivity contribution in [3.63, 3.8) is 0 Å². The summed E-state index contributed by atoms with van der Waals surface area (Å²) in [7, 11) is 1.80. The lowest BCUT2D eigenvalue weighted by Crippen LogP contribution is -2.54. The number of ether oxygens (including phenoxy) is 1. The van der Waals surface area contributed by atoms with Crippen LogP contribution in [0.5, 0.6) is 0 Å². The number of likely N-dealkylation sites (tertiary alicyclic amines) is 2. The molecular formula is C18H25F3N2O4S. The van der Waals surface area contributed by atoms with Crippen molar-refractivity contribution in [2.45, 2.75) is 38.1 Å². The van der Waals surface area contributed by atoms with E-state index in [0.717, 1.165) is 38.2 Å². The van der Waals surface area contributed by atoms with Crippen molar-refractivity contribution in [3.8, 4) is 0 Å². The third-order valence-electron chi connectivity index (χ3n) is 5.19. The van der Waals surface area contributed by atoms with Crippen LogP contribution in [-0.4, -0.2) is 78.4 Å². The van der Waals surface area contributed by atoms with Gasteiger partial charge in [-0.1, -0.05) is 6.92 Å². The van der Waals surface area contributed by atoms with Crippen molar-refractivity contribution in [3.05, 3.63) is 22.4 Å². The van der Waals surface area contributed by atoms with Crippen LogP contribution in [0.25, 0.3) is 0 Å². The van der Waals surface area contributed by atoms with Gasteiger partial charge in [-0.05, 0) is 35.4 Å². The number of likely N-dealkylation sites (N-methyl/N-ethyl adjacent to an activating group) is 1. The fraction of sp³-hybridized carbons (Fsp3) is 0.667. The molecular weight excluding hydrogens is 397 g/mol. The number of nitrogens with zero attached hydrogens (tertiary/aromatic N) is 2. The molecule has 1 amide bonds. The lowest BCUT2D eigenvalue weighted by atomic mass is 9.88. The van der Waals surface area contributed by atoms with Crippen LogP contribution >= 0.6 is 11.3 Å². The van der Waals surface area contributed by atoms with Crippen LogP contribution in [-0.2, 0) is 20.7 Å². The number of alkyl halides is 3. The molecule has 6 nitrogen and oxygen atoms in total. The number of thiophene rings is 1. The Bertz CT molecular complexity index is 654. The zero-order valence-corrected chi connectivity index (χ0v) is 16.6. The molecule has 0 radical (unpaired) electrons. The summed E-state index contributed by atoms with van der Waals surface area (Å²) in [6.07, 6.45) is -3.28. The van der Waals surface area contributed by atoms with Gasteiger partial charge in [0.15, 0.2) is 0 Å². The lowest BCUT2D eigenvalue weighted by molar-refractivity contribution is -0.192. The summed E-state index contributed by atoms with van der Waals surface area (Å²) in [5.41, 5.74) is 1.14. The molecule has 3 rings (SSSR count). The third kappa shape index (κ3) is 5.68. The number of carbonyl (C=O) groups excluding carboxylic acids is 1. The van der Waals surface area contributed by atoms with Crippen molar-refractivity contribution in [2.75, 3.05) is 33.3 Å². The molecule has 0 unspecified atom stereocenters. The average molecular weight is 422 g/mol. The molecule has 0 aliphatic carbocycles. The van der Waals surface area contributed by atoms with Crippen molar-refractivity contribution in [2.24, 2.45) is 5.92 Å². The van der Waals surface area contributed by atoms with E-state index in [1.807, 2.05) is 5.38 Å². The van der Waals surface area contributed by atoms with Gasteiger partial charge in [-0.3, -0.25) is 4.79 Å². The fourth-order valence-electron chi connectivity index (χ4n) is 3.77. The van der Waals surface area contributed by atoms with E-state index in [1.54, 1.807) is 18.4 Å². The molecule has 2 aliphatic heterocycles. The highest BCUT2D eigenvalue weighted by molar-refractivity contribution is 7.08. The topological polar surface area (TPSA) is 70.1 Å². The number of fused-ring (bicyclic) bond motifs is 1. The van der Waals surface area contributed by atoms with Crippen LogP contribution in [0, 0.1) is 5.92 Å². The highest BCUT2D eigenvalue weighted by Gasteiger charge is 2.45. The molecule has 0 bridgehead atoms. The zero-order chi connectivity index (χ0) is 20.9. The van der Waals surface area contributed by atoms with E-state index in [4.69, 9.17) is 14.6 Å². The van der Waals surface area contributed by atoms with Crippen molar-refractivity contribution < 1.29 is 32.6 Å². The van der Waals surface area contributed by atoms with Gasteiger partial charge in [-0.25, -0.2) is 4.79 Å². The van der Waals surface area contributed by atoms with Crippen LogP contribution in [0.3, 0.4) is 0 Å². The van der Waals surface area contributed by atoms with Crippen LogP contribution in [0.15, 0.2) is 16.8 Å². The second-order valence-corrected chi connectivity index (χ2v) is 7.62. The molecule has 0 aromatic carbocycles. The average Bonchev–Trinajstić information content (AvgIpc) is 3.29. The summed E-state index contributed by atoms with van der Waals surface area (Å²) < 4.78 is 37.4. The second kappa shape index (κ2) is 9.71. The van der Waals surface area contributed by atoms with Gasteiger partial charge >= 0.3 is 12.1 Å². The molecule has 2 fully saturated rings. The summed E-state index contributed by atoms with van der Waals surface area (Å²) >= 11 is 1.66. The number of aliphatic carboxylic acids is 1. The number of rotatable bonds is 4. The maximum absolute atomic E-state index is 12.7. The van der Waals surface area contributed by atoms with E-state index in [1.165, 1.54) is 0 Å². The Kier molecular flexibility index (Phi) is 7.85. The number of carboxylic acid groups (broad SMARTS) is 1. The van der Waals surface area contributed by atoms with Gasteiger partial charge in [0.1, 0.15) is 0 Å². The zero-order valence-electron chi connectivity index (χ0n) is 15.8. The minimum Gasteiger partial charge on any atom is -0.475 e. The number of hydrogen-bond acceptors (Lipinski definition) is 5. The summed E-state index contributed by atoms with van der Waals surface area (Å²) in [5, 5.41) is 11.2. The van der Waals surface area contributed by atoms with Crippen LogP contribution < -0.4 is 0 Å². The maximum atomic E-state index is 12.7. The fourth-order valence-corrected chi connectivity index (χ4v) is 4.43. The number of halogens is 3. The smallest absolute Gasteiger partial charge is 0.475 e. The summed E-state index contributed by atoms with van der Waals surface area (Å²) in [6.45, 7) is 6.13. The first kappa shape index (κ1) is 22.6. The maximum Gasteiger partial charge on any atom is 0.490 e. The number of carboxylic acids is 1. The van der Waals surface area contributed by atoms with Gasteiger partial charge in [0.2, 0.25) is 5.91 Å². The minimum absolute atomic E-state index is 0.274. The first-order chi connectivity index (χ1) is 13.2. The first-order valence-corrected chi connectivity index (χ1v) is 9.97. The van der Waals surface area contributed by atoms with E-state index in [-0.39, 0.29) is 5.91 Å². The predicted molar refractivity (Wildman–Crippen MR) is 98.2 cm³/mol. The Morgan fingerprint density at radius 1 is 1.36 bits per heavy atom. The number of carbonyl (C=O) groups is 2. The van der Waals surface area contributed by atoms with Gasteiger partial charge in [-0.2, -0.15) is 24.5 Å². The van der Waals surface area contributed by atoms with Gasteiger partial charge < -0.3 is 19.6 Å². The van der Waals surface area contributed by atoms with Gasteiger partial charge in [0.25, 0.3) is 0 Å². The number of amides is 1. The van der Waals surface area contributed by atoms with E-state index in [0.29, 0.717) is 24.5 Å². The number of methoxy groups -OCH3 is 1. The molecule has 0 spiro atoms. The molecule has 2 saturated heterocycles.